The molecule has 1 aliphatic heterocycles. The zero-order chi connectivity index (χ0) is 22.5. The number of aromatic nitrogens is 2. The van der Waals surface area contributed by atoms with Crippen LogP contribution >= 0.6 is 0 Å². The van der Waals surface area contributed by atoms with Crippen LogP contribution in [0.3, 0.4) is 0 Å². The molecule has 1 aromatic carbocycles. The summed E-state index contributed by atoms with van der Waals surface area (Å²) in [5.74, 6) is -0.0211. The largest absolute Gasteiger partial charge is 0.383 e. The molecule has 2 aliphatic carbocycles. The van der Waals surface area contributed by atoms with E-state index >= 15 is 0 Å². The van der Waals surface area contributed by atoms with Crippen molar-refractivity contribution >= 4 is 28.5 Å². The van der Waals surface area contributed by atoms with E-state index in [-0.39, 0.29) is 18.0 Å². The maximum atomic E-state index is 13.1. The van der Waals surface area contributed by atoms with Gasteiger partial charge in [0.05, 0.1) is 16.7 Å². The lowest BCUT2D eigenvalue weighted by Gasteiger charge is -2.52. The third kappa shape index (κ3) is 3.54. The topological polar surface area (TPSA) is 97.2 Å². The predicted octanol–water partition coefficient (Wildman–Crippen LogP) is 2.29. The first kappa shape index (κ1) is 21.2. The van der Waals surface area contributed by atoms with E-state index in [0.717, 1.165) is 23.3 Å². The molecule has 8 nitrogen and oxygen atoms in total. The number of fused-ring (bicyclic) bond motifs is 1. The molecule has 32 heavy (non-hydrogen) atoms. The van der Waals surface area contributed by atoms with Crippen LogP contribution in [0.1, 0.15) is 57.4 Å². The van der Waals surface area contributed by atoms with Gasteiger partial charge in [-0.05, 0) is 75.5 Å². The van der Waals surface area contributed by atoms with Gasteiger partial charge in [-0.2, -0.15) is 0 Å². The SMILES string of the molecule is CN[C@H]1CCC2(CC1)C[C@@H](CNc1cccc3c1n(C)c(=O)n3C1CCC(=O)NC1=O)C2. The Hall–Kier alpha value is -2.61. The fraction of sp³-hybridized carbons (Fsp3) is 0.625. The molecule has 1 atom stereocenters. The second-order valence-corrected chi connectivity index (χ2v) is 10.1. The van der Waals surface area contributed by atoms with Crippen LogP contribution in [0.4, 0.5) is 5.69 Å². The molecule has 1 saturated heterocycles. The Balaban J connectivity index is 1.31. The number of nitrogens with one attached hydrogen (secondary N) is 3. The van der Waals surface area contributed by atoms with E-state index in [1.807, 2.05) is 18.2 Å². The van der Waals surface area contributed by atoms with Crippen molar-refractivity contribution in [3.8, 4) is 0 Å². The summed E-state index contributed by atoms with van der Waals surface area (Å²) in [6.07, 6.45) is 8.38. The van der Waals surface area contributed by atoms with E-state index in [1.54, 1.807) is 16.2 Å². The first-order valence-electron chi connectivity index (χ1n) is 11.9. The van der Waals surface area contributed by atoms with Crippen molar-refractivity contribution in [3.63, 3.8) is 0 Å². The number of hydrogen-bond acceptors (Lipinski definition) is 5. The smallest absolute Gasteiger partial charge is 0.329 e. The summed E-state index contributed by atoms with van der Waals surface area (Å²) in [6, 6.07) is 5.84. The Morgan fingerprint density at radius 1 is 1.12 bits per heavy atom. The normalized spacial score (nSPS) is 30.4. The van der Waals surface area contributed by atoms with Gasteiger partial charge in [0.15, 0.2) is 0 Å². The first-order valence-corrected chi connectivity index (χ1v) is 11.9. The fourth-order valence-corrected chi connectivity index (χ4v) is 6.30. The Morgan fingerprint density at radius 3 is 2.56 bits per heavy atom. The highest BCUT2D eigenvalue weighted by Gasteiger charge is 2.45. The van der Waals surface area contributed by atoms with Gasteiger partial charge < -0.3 is 10.6 Å². The summed E-state index contributed by atoms with van der Waals surface area (Å²) in [4.78, 5) is 37.0. The lowest BCUT2D eigenvalue weighted by Crippen LogP contribution is -2.45. The number of anilines is 1. The van der Waals surface area contributed by atoms with Gasteiger partial charge in [0.1, 0.15) is 6.04 Å². The summed E-state index contributed by atoms with van der Waals surface area (Å²) in [5.41, 5.74) is 2.78. The number of imidazole rings is 1. The molecule has 2 aromatic rings. The number of amides is 2. The number of carbonyl (C=O) groups is 2. The average Bonchev–Trinajstić information content (AvgIpc) is 3.02. The van der Waals surface area contributed by atoms with Crippen LogP contribution in [-0.4, -0.2) is 40.6 Å². The van der Waals surface area contributed by atoms with Crippen LogP contribution in [0, 0.1) is 11.3 Å². The van der Waals surface area contributed by atoms with Crippen LogP contribution in [-0.2, 0) is 16.6 Å². The molecule has 1 aromatic heterocycles. The number of imide groups is 1. The number of aryl methyl sites for hydroxylation is 1. The van der Waals surface area contributed by atoms with Gasteiger partial charge >= 0.3 is 5.69 Å². The van der Waals surface area contributed by atoms with E-state index in [0.29, 0.717) is 23.8 Å². The van der Waals surface area contributed by atoms with Crippen molar-refractivity contribution < 1.29 is 9.59 Å². The van der Waals surface area contributed by atoms with Gasteiger partial charge in [0.2, 0.25) is 11.8 Å². The molecule has 0 bridgehead atoms. The Labute approximate surface area is 187 Å². The third-order valence-corrected chi connectivity index (χ3v) is 8.10. The van der Waals surface area contributed by atoms with Gasteiger partial charge in [-0.15, -0.1) is 0 Å². The second kappa shape index (κ2) is 8.06. The molecule has 2 amide bonds. The molecule has 8 heteroatoms. The molecule has 172 valence electrons. The maximum Gasteiger partial charge on any atom is 0.329 e. The van der Waals surface area contributed by atoms with E-state index in [9.17, 15) is 14.4 Å². The highest BCUT2D eigenvalue weighted by atomic mass is 16.2. The second-order valence-electron chi connectivity index (χ2n) is 10.1. The predicted molar refractivity (Wildman–Crippen MR) is 124 cm³/mol. The molecule has 1 spiro atoms. The molecule has 3 fully saturated rings. The number of hydrogen-bond donors (Lipinski definition) is 3. The van der Waals surface area contributed by atoms with Gasteiger partial charge in [0, 0.05) is 26.1 Å². The zero-order valence-electron chi connectivity index (χ0n) is 18.9. The van der Waals surface area contributed by atoms with Crippen LogP contribution in [0.25, 0.3) is 11.0 Å². The zero-order valence-corrected chi connectivity index (χ0v) is 18.9. The van der Waals surface area contributed by atoms with E-state index in [1.165, 1.54) is 38.5 Å². The van der Waals surface area contributed by atoms with E-state index in [2.05, 4.69) is 23.0 Å². The van der Waals surface area contributed by atoms with Crippen LogP contribution < -0.4 is 21.6 Å². The Kier molecular flexibility index (Phi) is 5.35. The number of para-hydroxylation sites is 1. The van der Waals surface area contributed by atoms with Crippen LogP contribution in [0.5, 0.6) is 0 Å². The fourth-order valence-electron chi connectivity index (χ4n) is 6.30. The van der Waals surface area contributed by atoms with Gasteiger partial charge in [-0.1, -0.05) is 6.07 Å². The quantitative estimate of drug-likeness (QED) is 0.621. The average molecular weight is 440 g/mol. The minimum Gasteiger partial charge on any atom is -0.383 e. The number of nitrogens with zero attached hydrogens (tertiary/aromatic N) is 2. The van der Waals surface area contributed by atoms with Crippen molar-refractivity contribution in [2.45, 2.75) is 63.5 Å². The molecular formula is C24H33N5O3. The Bertz CT molecular complexity index is 1100. The number of piperidine rings is 1. The monoisotopic (exact) mass is 439 g/mol. The summed E-state index contributed by atoms with van der Waals surface area (Å²) in [7, 11) is 3.81. The molecule has 2 saturated carbocycles. The number of benzene rings is 1. The summed E-state index contributed by atoms with van der Waals surface area (Å²) in [6.45, 7) is 0.897. The van der Waals surface area contributed by atoms with Crippen LogP contribution in [0.2, 0.25) is 0 Å². The van der Waals surface area contributed by atoms with E-state index in [4.69, 9.17) is 0 Å². The summed E-state index contributed by atoms with van der Waals surface area (Å²) in [5, 5.41) is 9.38. The van der Waals surface area contributed by atoms with Crippen molar-refractivity contribution in [1.82, 2.24) is 19.8 Å². The molecule has 5 rings (SSSR count). The minimum absolute atomic E-state index is 0.229. The highest BCUT2D eigenvalue weighted by Crippen LogP contribution is 2.54. The van der Waals surface area contributed by atoms with Gasteiger partial charge in [-0.25, -0.2) is 4.79 Å². The molecule has 2 heterocycles. The Morgan fingerprint density at radius 2 is 1.88 bits per heavy atom. The number of carbonyl (C=O) groups excluding carboxylic acids is 2. The standard InChI is InChI=1S/C24H33N5O3/c1-25-16-8-10-24(11-9-16)12-15(13-24)14-26-17-4-3-5-18-21(17)28(2)23(32)29(18)19-6-7-20(30)27-22(19)31/h3-5,15-16,19,25-26H,6-14H2,1-2H3,(H,27,30,31)/t15-,16-,19?,24?. The summed E-state index contributed by atoms with van der Waals surface area (Å²) >= 11 is 0. The molecule has 1 unspecified atom stereocenters. The summed E-state index contributed by atoms with van der Waals surface area (Å²) < 4.78 is 3.16. The van der Waals surface area contributed by atoms with Crippen molar-refractivity contribution in [2.24, 2.45) is 18.4 Å². The lowest BCUT2D eigenvalue weighted by molar-refractivity contribution is -0.135. The highest BCUT2D eigenvalue weighted by molar-refractivity contribution is 6.00. The maximum absolute atomic E-state index is 13.1. The first-order chi connectivity index (χ1) is 15.4. The van der Waals surface area contributed by atoms with Crippen LogP contribution in [0.15, 0.2) is 23.0 Å². The van der Waals surface area contributed by atoms with Crippen molar-refractivity contribution in [2.75, 3.05) is 18.9 Å². The molecule has 3 aliphatic rings. The number of rotatable bonds is 5. The van der Waals surface area contributed by atoms with Gasteiger partial charge in [-0.3, -0.25) is 24.0 Å². The van der Waals surface area contributed by atoms with Crippen molar-refractivity contribution in [3.05, 3.63) is 28.7 Å². The van der Waals surface area contributed by atoms with E-state index < -0.39 is 11.9 Å². The molecular weight excluding hydrogens is 406 g/mol. The van der Waals surface area contributed by atoms with Gasteiger partial charge in [0.25, 0.3) is 0 Å². The molecule has 0 radical (unpaired) electrons. The van der Waals surface area contributed by atoms with Crippen molar-refractivity contribution in [1.29, 1.82) is 0 Å². The molecule has 3 N–H and O–H groups in total. The minimum atomic E-state index is -0.654. The lowest BCUT2D eigenvalue weighted by atomic mass is 9.55. The third-order valence-electron chi connectivity index (χ3n) is 8.10.